The maximum atomic E-state index is 11.9. The van der Waals surface area contributed by atoms with Crippen molar-refractivity contribution in [2.45, 2.75) is 64.5 Å². The molecule has 2 aliphatic rings. The van der Waals surface area contributed by atoms with Crippen molar-refractivity contribution in [3.8, 4) is 0 Å². The van der Waals surface area contributed by atoms with Crippen molar-refractivity contribution in [3.05, 3.63) is 0 Å². The molecule has 1 amide bonds. The molecule has 0 unspecified atom stereocenters. The van der Waals surface area contributed by atoms with Gasteiger partial charge in [0, 0.05) is 39.3 Å². The van der Waals surface area contributed by atoms with Crippen molar-refractivity contribution in [1.82, 2.24) is 20.4 Å². The Balaban J connectivity index is 1.90. The molecule has 2 rings (SSSR count). The highest BCUT2D eigenvalue weighted by Gasteiger charge is 2.25. The molecule has 144 valence electrons. The maximum absolute atomic E-state index is 11.9. The number of rotatable bonds is 7. The van der Waals surface area contributed by atoms with Crippen molar-refractivity contribution >= 4 is 11.9 Å². The van der Waals surface area contributed by atoms with E-state index in [9.17, 15) is 4.79 Å². The van der Waals surface area contributed by atoms with Crippen LogP contribution in [0, 0.1) is 5.92 Å². The lowest BCUT2D eigenvalue weighted by molar-refractivity contribution is -0.127. The van der Waals surface area contributed by atoms with Crippen LogP contribution in [0.4, 0.5) is 0 Å². The third-order valence-corrected chi connectivity index (χ3v) is 5.17. The SMILES string of the molecule is CC(C)CN1CCC[C@@H]1CNC(=NCC(=O)N(C)C)NC1CCCC1. The summed E-state index contributed by atoms with van der Waals surface area (Å²) in [6.45, 7) is 8.03. The molecule has 2 N–H and O–H groups in total. The van der Waals surface area contributed by atoms with Crippen LogP contribution in [0.15, 0.2) is 4.99 Å². The van der Waals surface area contributed by atoms with Crippen LogP contribution in [0.2, 0.25) is 0 Å². The Bertz CT molecular complexity index is 443. The summed E-state index contributed by atoms with van der Waals surface area (Å²) < 4.78 is 0. The van der Waals surface area contributed by atoms with Gasteiger partial charge in [0.25, 0.3) is 0 Å². The molecule has 1 aliphatic carbocycles. The highest BCUT2D eigenvalue weighted by Crippen LogP contribution is 2.19. The van der Waals surface area contributed by atoms with Crippen LogP contribution in [0.1, 0.15) is 52.4 Å². The van der Waals surface area contributed by atoms with E-state index in [1.165, 1.54) is 45.1 Å². The quantitative estimate of drug-likeness (QED) is 0.541. The van der Waals surface area contributed by atoms with Crippen LogP contribution in [-0.2, 0) is 4.79 Å². The van der Waals surface area contributed by atoms with Gasteiger partial charge in [0.1, 0.15) is 6.54 Å². The third kappa shape index (κ3) is 6.84. The zero-order chi connectivity index (χ0) is 18.2. The number of carbonyl (C=O) groups is 1. The summed E-state index contributed by atoms with van der Waals surface area (Å²) in [7, 11) is 3.55. The fraction of sp³-hybridized carbons (Fsp3) is 0.895. The predicted molar refractivity (Wildman–Crippen MR) is 104 cm³/mol. The first-order valence-electron chi connectivity index (χ1n) is 9.94. The van der Waals surface area contributed by atoms with E-state index in [-0.39, 0.29) is 12.5 Å². The molecule has 0 spiro atoms. The first-order chi connectivity index (χ1) is 12.0. The summed E-state index contributed by atoms with van der Waals surface area (Å²) in [6, 6.07) is 1.07. The van der Waals surface area contributed by atoms with Gasteiger partial charge in [0.15, 0.2) is 5.96 Å². The molecule has 1 saturated carbocycles. The molecular formula is C19H37N5O. The van der Waals surface area contributed by atoms with Crippen LogP contribution in [0.25, 0.3) is 0 Å². The summed E-state index contributed by atoms with van der Waals surface area (Å²) >= 11 is 0. The second kappa shape index (κ2) is 10.00. The molecule has 0 bridgehead atoms. The zero-order valence-corrected chi connectivity index (χ0v) is 16.6. The van der Waals surface area contributed by atoms with E-state index in [0.29, 0.717) is 18.0 Å². The number of hydrogen-bond donors (Lipinski definition) is 2. The van der Waals surface area contributed by atoms with E-state index >= 15 is 0 Å². The minimum atomic E-state index is 0.0369. The van der Waals surface area contributed by atoms with Crippen LogP contribution in [-0.4, -0.2) is 74.0 Å². The highest BCUT2D eigenvalue weighted by molar-refractivity contribution is 5.85. The lowest BCUT2D eigenvalue weighted by atomic mass is 10.1. The largest absolute Gasteiger partial charge is 0.355 e. The van der Waals surface area contributed by atoms with Crippen molar-refractivity contribution < 1.29 is 4.79 Å². The molecule has 0 radical (unpaired) electrons. The number of guanidine groups is 1. The molecular weight excluding hydrogens is 314 g/mol. The standard InChI is InChI=1S/C19H37N5O/c1-15(2)14-24-11-7-10-17(24)12-20-19(21-13-18(25)23(3)4)22-16-8-5-6-9-16/h15-17H,5-14H2,1-4H3,(H2,20,21,22)/t17-/m1/s1. The molecule has 6 heteroatoms. The lowest BCUT2D eigenvalue weighted by Gasteiger charge is -2.27. The van der Waals surface area contributed by atoms with Crippen molar-refractivity contribution in [2.75, 3.05) is 40.3 Å². The van der Waals surface area contributed by atoms with E-state index in [4.69, 9.17) is 0 Å². The molecule has 1 heterocycles. The Labute approximate surface area is 153 Å². The van der Waals surface area contributed by atoms with Crippen molar-refractivity contribution in [2.24, 2.45) is 10.9 Å². The number of aliphatic imine (C=N–C) groups is 1. The topological polar surface area (TPSA) is 60.0 Å². The van der Waals surface area contributed by atoms with Gasteiger partial charge in [-0.05, 0) is 38.1 Å². The van der Waals surface area contributed by atoms with Crippen LogP contribution in [0.3, 0.4) is 0 Å². The minimum Gasteiger partial charge on any atom is -0.355 e. The van der Waals surface area contributed by atoms with Gasteiger partial charge < -0.3 is 15.5 Å². The molecule has 6 nitrogen and oxygen atoms in total. The van der Waals surface area contributed by atoms with E-state index in [0.717, 1.165) is 19.0 Å². The monoisotopic (exact) mass is 351 g/mol. The summed E-state index contributed by atoms with van der Waals surface area (Å²) in [5, 5.41) is 7.05. The Morgan fingerprint density at radius 1 is 1.20 bits per heavy atom. The number of likely N-dealkylation sites (N-methyl/N-ethyl adjacent to an activating group) is 1. The summed E-state index contributed by atoms with van der Waals surface area (Å²) in [5.41, 5.74) is 0. The fourth-order valence-corrected chi connectivity index (χ4v) is 3.75. The normalized spacial score (nSPS) is 22.6. The van der Waals surface area contributed by atoms with Gasteiger partial charge in [-0.1, -0.05) is 26.7 Å². The molecule has 2 fully saturated rings. The van der Waals surface area contributed by atoms with Gasteiger partial charge in [0.05, 0.1) is 0 Å². The molecule has 0 aromatic heterocycles. The summed E-state index contributed by atoms with van der Waals surface area (Å²) in [6.07, 6.45) is 7.49. The first-order valence-corrected chi connectivity index (χ1v) is 9.94. The number of hydrogen-bond acceptors (Lipinski definition) is 3. The smallest absolute Gasteiger partial charge is 0.243 e. The number of likely N-dealkylation sites (tertiary alicyclic amines) is 1. The highest BCUT2D eigenvalue weighted by atomic mass is 16.2. The third-order valence-electron chi connectivity index (χ3n) is 5.17. The molecule has 1 saturated heterocycles. The Morgan fingerprint density at radius 3 is 2.56 bits per heavy atom. The minimum absolute atomic E-state index is 0.0369. The molecule has 1 aliphatic heterocycles. The van der Waals surface area contributed by atoms with Gasteiger partial charge in [-0.2, -0.15) is 0 Å². The van der Waals surface area contributed by atoms with Crippen LogP contribution < -0.4 is 10.6 Å². The second-order valence-corrected chi connectivity index (χ2v) is 8.14. The number of amides is 1. The zero-order valence-electron chi connectivity index (χ0n) is 16.6. The van der Waals surface area contributed by atoms with Gasteiger partial charge in [-0.25, -0.2) is 4.99 Å². The van der Waals surface area contributed by atoms with Crippen LogP contribution in [0.5, 0.6) is 0 Å². The lowest BCUT2D eigenvalue weighted by Crippen LogP contribution is -2.48. The Hall–Kier alpha value is -1.30. The van der Waals surface area contributed by atoms with Gasteiger partial charge in [0.2, 0.25) is 5.91 Å². The number of carbonyl (C=O) groups excluding carboxylic acids is 1. The van der Waals surface area contributed by atoms with Gasteiger partial charge in [-0.15, -0.1) is 0 Å². The van der Waals surface area contributed by atoms with Gasteiger partial charge in [-0.3, -0.25) is 9.69 Å². The molecule has 0 aromatic rings. The van der Waals surface area contributed by atoms with Crippen LogP contribution >= 0.6 is 0 Å². The Kier molecular flexibility index (Phi) is 8.00. The predicted octanol–water partition coefficient (Wildman–Crippen LogP) is 1.67. The molecule has 25 heavy (non-hydrogen) atoms. The molecule has 0 aromatic carbocycles. The maximum Gasteiger partial charge on any atom is 0.243 e. The Morgan fingerprint density at radius 2 is 1.92 bits per heavy atom. The first kappa shape index (κ1) is 20.0. The number of nitrogens with one attached hydrogen (secondary N) is 2. The summed E-state index contributed by atoms with van der Waals surface area (Å²) in [4.78, 5) is 20.6. The fourth-order valence-electron chi connectivity index (χ4n) is 3.75. The van der Waals surface area contributed by atoms with E-state index in [1.54, 1.807) is 19.0 Å². The molecule has 1 atom stereocenters. The van der Waals surface area contributed by atoms with E-state index < -0.39 is 0 Å². The average Bonchev–Trinajstić information content (AvgIpc) is 3.21. The summed E-state index contributed by atoms with van der Waals surface area (Å²) in [5.74, 6) is 1.54. The van der Waals surface area contributed by atoms with E-state index in [2.05, 4.69) is 34.4 Å². The average molecular weight is 352 g/mol. The van der Waals surface area contributed by atoms with E-state index in [1.807, 2.05) is 0 Å². The second-order valence-electron chi connectivity index (χ2n) is 8.14. The number of nitrogens with zero attached hydrogens (tertiary/aromatic N) is 3. The van der Waals surface area contributed by atoms with Crippen molar-refractivity contribution in [1.29, 1.82) is 0 Å². The van der Waals surface area contributed by atoms with Gasteiger partial charge >= 0.3 is 0 Å². The van der Waals surface area contributed by atoms with Crippen molar-refractivity contribution in [3.63, 3.8) is 0 Å².